The maximum atomic E-state index is 2.36. The summed E-state index contributed by atoms with van der Waals surface area (Å²) in [4.78, 5) is 0. The molecule has 82 valence electrons. The molecule has 2 unspecified atom stereocenters. The van der Waals surface area contributed by atoms with Crippen molar-refractivity contribution in [3.05, 3.63) is 0 Å². The second-order valence-electron chi connectivity index (χ2n) is 3.52. The van der Waals surface area contributed by atoms with Gasteiger partial charge in [-0.2, -0.15) is 11.8 Å². The van der Waals surface area contributed by atoms with Crippen molar-refractivity contribution in [1.82, 2.24) is 0 Å². The molecule has 1 rings (SSSR count). The molecule has 0 aromatic heterocycles. The number of hydrogen-bond donors (Lipinski definition) is 0. The molecule has 1 fully saturated rings. The molecular weight excluding hydrogens is 176 g/mol. The molecule has 0 aromatic rings. The molecule has 1 heteroatoms. The molecule has 0 aliphatic carbocycles. The fourth-order valence-electron chi connectivity index (χ4n) is 1.22. The van der Waals surface area contributed by atoms with Gasteiger partial charge in [0.25, 0.3) is 0 Å². The highest BCUT2D eigenvalue weighted by Gasteiger charge is 2.14. The minimum atomic E-state index is 0.929. The van der Waals surface area contributed by atoms with Crippen LogP contribution in [0.25, 0.3) is 0 Å². The fourth-order valence-corrected chi connectivity index (χ4v) is 2.63. The van der Waals surface area contributed by atoms with Crippen LogP contribution in [0.15, 0.2) is 0 Å². The molecule has 0 spiro atoms. The summed E-state index contributed by atoms with van der Waals surface area (Å²) in [6.07, 6.45) is 4.12. The number of thioether (sulfide) groups is 1. The average Bonchev–Trinajstić information content (AvgIpc) is 2.08. The van der Waals surface area contributed by atoms with E-state index < -0.39 is 0 Å². The first-order valence-corrected chi connectivity index (χ1v) is 6.87. The van der Waals surface area contributed by atoms with E-state index in [1.54, 1.807) is 0 Å². The van der Waals surface area contributed by atoms with Crippen LogP contribution in [-0.2, 0) is 0 Å². The quantitative estimate of drug-likeness (QED) is 0.536. The smallest absolute Gasteiger partial charge is 0.00212 e. The van der Waals surface area contributed by atoms with Crippen LogP contribution < -0.4 is 0 Å². The Hall–Kier alpha value is 0.350. The molecule has 1 saturated heterocycles. The average molecular weight is 204 g/mol. The summed E-state index contributed by atoms with van der Waals surface area (Å²) in [7, 11) is 0. The monoisotopic (exact) mass is 204 g/mol. The zero-order chi connectivity index (χ0) is 10.7. The largest absolute Gasteiger partial charge is 0.159 e. The second-order valence-corrected chi connectivity index (χ2v) is 5.06. The molecule has 0 bridgehead atoms. The second kappa shape index (κ2) is 12.3. The minimum Gasteiger partial charge on any atom is -0.159 e. The Kier molecular flexibility index (Phi) is 15.0. The normalized spacial score (nSPS) is 26.3. The summed E-state index contributed by atoms with van der Waals surface area (Å²) >= 11 is 2.12. The van der Waals surface area contributed by atoms with Crippen molar-refractivity contribution in [1.29, 1.82) is 0 Å². The highest BCUT2D eigenvalue weighted by molar-refractivity contribution is 7.99. The molecule has 1 heterocycles. The van der Waals surface area contributed by atoms with Gasteiger partial charge < -0.3 is 0 Å². The number of rotatable bonds is 0. The van der Waals surface area contributed by atoms with Gasteiger partial charge in [0.15, 0.2) is 0 Å². The SMILES string of the molecule is CC.CC1CCSC(C)C1.CCC. The Morgan fingerprint density at radius 1 is 1.15 bits per heavy atom. The van der Waals surface area contributed by atoms with Gasteiger partial charge in [0.2, 0.25) is 0 Å². The summed E-state index contributed by atoms with van der Waals surface area (Å²) in [6, 6.07) is 0. The summed E-state index contributed by atoms with van der Waals surface area (Å²) in [5.41, 5.74) is 0. The lowest BCUT2D eigenvalue weighted by Crippen LogP contribution is -2.12. The lowest BCUT2D eigenvalue weighted by molar-refractivity contribution is 0.504. The van der Waals surface area contributed by atoms with Gasteiger partial charge in [-0.15, -0.1) is 0 Å². The Labute approximate surface area is 89.9 Å². The van der Waals surface area contributed by atoms with Gasteiger partial charge in [-0.05, 0) is 24.5 Å². The summed E-state index contributed by atoms with van der Waals surface area (Å²) in [6.45, 7) is 12.9. The van der Waals surface area contributed by atoms with Crippen molar-refractivity contribution >= 4 is 11.8 Å². The first kappa shape index (κ1) is 15.8. The van der Waals surface area contributed by atoms with E-state index in [9.17, 15) is 0 Å². The number of hydrogen-bond acceptors (Lipinski definition) is 1. The summed E-state index contributed by atoms with van der Waals surface area (Å²) in [5, 5.41) is 0.929. The molecule has 0 aromatic carbocycles. The van der Waals surface area contributed by atoms with E-state index in [2.05, 4.69) is 39.5 Å². The van der Waals surface area contributed by atoms with Gasteiger partial charge >= 0.3 is 0 Å². The Morgan fingerprint density at radius 3 is 1.85 bits per heavy atom. The maximum Gasteiger partial charge on any atom is 0.00212 e. The lowest BCUT2D eigenvalue weighted by Gasteiger charge is -2.22. The van der Waals surface area contributed by atoms with Crippen molar-refractivity contribution in [2.75, 3.05) is 5.75 Å². The van der Waals surface area contributed by atoms with Crippen LogP contribution >= 0.6 is 11.8 Å². The first-order valence-electron chi connectivity index (χ1n) is 5.82. The van der Waals surface area contributed by atoms with Gasteiger partial charge in [-0.25, -0.2) is 0 Å². The van der Waals surface area contributed by atoms with E-state index >= 15 is 0 Å². The third-order valence-corrected chi connectivity index (χ3v) is 2.98. The van der Waals surface area contributed by atoms with Gasteiger partial charge in [0, 0.05) is 5.25 Å². The van der Waals surface area contributed by atoms with E-state index in [-0.39, 0.29) is 0 Å². The molecular formula is C12H28S. The van der Waals surface area contributed by atoms with Crippen LogP contribution in [0.5, 0.6) is 0 Å². The van der Waals surface area contributed by atoms with Gasteiger partial charge in [0.1, 0.15) is 0 Å². The molecule has 1 aliphatic rings. The molecule has 2 atom stereocenters. The predicted octanol–water partition coefficient (Wildman–Crippen LogP) is 4.98. The molecule has 0 saturated carbocycles. The summed E-state index contributed by atoms with van der Waals surface area (Å²) < 4.78 is 0. The van der Waals surface area contributed by atoms with E-state index in [1.165, 1.54) is 25.0 Å². The molecule has 0 N–H and O–H groups in total. The molecule has 13 heavy (non-hydrogen) atoms. The van der Waals surface area contributed by atoms with Gasteiger partial charge in [-0.3, -0.25) is 0 Å². The highest BCUT2D eigenvalue weighted by Crippen LogP contribution is 2.28. The third kappa shape index (κ3) is 12.4. The molecule has 0 radical (unpaired) electrons. The minimum absolute atomic E-state index is 0.929. The third-order valence-electron chi connectivity index (χ3n) is 1.75. The van der Waals surface area contributed by atoms with Gasteiger partial charge in [0.05, 0.1) is 0 Å². The maximum absolute atomic E-state index is 2.36. The van der Waals surface area contributed by atoms with Crippen molar-refractivity contribution in [2.45, 2.75) is 66.1 Å². The van der Waals surface area contributed by atoms with E-state index in [0.717, 1.165) is 11.2 Å². The van der Waals surface area contributed by atoms with Crippen LogP contribution in [0.2, 0.25) is 0 Å². The zero-order valence-electron chi connectivity index (χ0n) is 10.4. The molecule has 0 nitrogen and oxygen atoms in total. The van der Waals surface area contributed by atoms with E-state index in [0.29, 0.717) is 0 Å². The first-order chi connectivity index (χ1) is 6.20. The topological polar surface area (TPSA) is 0 Å². The van der Waals surface area contributed by atoms with Crippen LogP contribution in [0.4, 0.5) is 0 Å². The van der Waals surface area contributed by atoms with Gasteiger partial charge in [-0.1, -0.05) is 48.0 Å². The van der Waals surface area contributed by atoms with Crippen molar-refractivity contribution < 1.29 is 0 Å². The van der Waals surface area contributed by atoms with Crippen molar-refractivity contribution in [2.24, 2.45) is 5.92 Å². The van der Waals surface area contributed by atoms with Crippen molar-refractivity contribution in [3.8, 4) is 0 Å². The predicted molar refractivity (Wildman–Crippen MR) is 67.6 cm³/mol. The van der Waals surface area contributed by atoms with Crippen LogP contribution in [0, 0.1) is 5.92 Å². The Balaban J connectivity index is 0. The highest BCUT2D eigenvalue weighted by atomic mass is 32.2. The van der Waals surface area contributed by atoms with Crippen molar-refractivity contribution in [3.63, 3.8) is 0 Å². The fraction of sp³-hybridized carbons (Fsp3) is 1.00. The molecule has 1 aliphatic heterocycles. The standard InChI is InChI=1S/C7H14S.C3H8.C2H6/c1-6-3-4-8-7(2)5-6;1-3-2;1-2/h6-7H,3-5H2,1-2H3;3H2,1-2H3;1-2H3. The zero-order valence-corrected chi connectivity index (χ0v) is 11.2. The van der Waals surface area contributed by atoms with Crippen LogP contribution in [0.1, 0.15) is 60.8 Å². The Bertz CT molecular complexity index is 73.2. The van der Waals surface area contributed by atoms with E-state index in [4.69, 9.17) is 0 Å². The summed E-state index contributed by atoms with van der Waals surface area (Å²) in [5.74, 6) is 2.38. The lowest BCUT2D eigenvalue weighted by atomic mass is 10.0. The van der Waals surface area contributed by atoms with Crippen LogP contribution in [0.3, 0.4) is 0 Å². The molecule has 0 amide bonds. The van der Waals surface area contributed by atoms with E-state index in [1.807, 2.05) is 13.8 Å². The van der Waals surface area contributed by atoms with Crippen LogP contribution in [-0.4, -0.2) is 11.0 Å². The Morgan fingerprint density at radius 2 is 1.62 bits per heavy atom.